The van der Waals surface area contributed by atoms with Crippen LogP contribution in [-0.2, 0) is 6.54 Å². The molecule has 0 bridgehead atoms. The second-order valence-electron chi connectivity index (χ2n) is 11.0. The first-order valence-electron chi connectivity index (χ1n) is 14.7. The molecule has 1 aliphatic rings. The Morgan fingerprint density at radius 3 is 2.64 bits per heavy atom. The summed E-state index contributed by atoms with van der Waals surface area (Å²) in [6.07, 6.45) is 6.50. The van der Waals surface area contributed by atoms with Gasteiger partial charge in [0.25, 0.3) is 5.91 Å². The van der Waals surface area contributed by atoms with Crippen LogP contribution in [0.4, 0.5) is 5.69 Å². The third-order valence-corrected chi connectivity index (χ3v) is 8.84. The predicted molar refractivity (Wildman–Crippen MR) is 167 cm³/mol. The Morgan fingerprint density at radius 1 is 1.05 bits per heavy atom. The number of aryl methyl sites for hydroxylation is 1. The number of anilines is 1. The van der Waals surface area contributed by atoms with E-state index in [0.29, 0.717) is 6.04 Å². The molecule has 0 aliphatic carbocycles. The van der Waals surface area contributed by atoms with Gasteiger partial charge in [0, 0.05) is 40.6 Å². The first kappa shape index (κ1) is 29.3. The third-order valence-electron chi connectivity index (χ3n) is 7.71. The van der Waals surface area contributed by atoms with Crippen LogP contribution in [0.2, 0.25) is 0 Å². The van der Waals surface area contributed by atoms with Crippen molar-refractivity contribution in [1.29, 1.82) is 0 Å². The number of carbonyl (C=O) groups excluding carboxylic acids is 1. The van der Waals surface area contributed by atoms with E-state index in [9.17, 15) is 4.79 Å². The Hall–Kier alpha value is -2.67. The van der Waals surface area contributed by atoms with E-state index in [2.05, 4.69) is 84.5 Å². The van der Waals surface area contributed by atoms with Gasteiger partial charge >= 0.3 is 0 Å². The van der Waals surface area contributed by atoms with Crippen LogP contribution in [0.5, 0.6) is 0 Å². The molecule has 0 spiro atoms. The van der Waals surface area contributed by atoms with Crippen molar-refractivity contribution in [3.8, 4) is 10.4 Å². The highest BCUT2D eigenvalue weighted by atomic mass is 32.1. The van der Waals surface area contributed by atoms with Crippen LogP contribution in [0.25, 0.3) is 10.4 Å². The molecule has 5 nitrogen and oxygen atoms in total. The van der Waals surface area contributed by atoms with Crippen molar-refractivity contribution < 1.29 is 4.79 Å². The SMILES string of the molecule is CCCCC(CCC)CNCc1ccc(-c2cccc(C(C)NC(=O)c3cc(NC4CNC4)ccc3C)c2)s1. The number of amides is 1. The first-order chi connectivity index (χ1) is 19.0. The van der Waals surface area contributed by atoms with Crippen LogP contribution >= 0.6 is 11.3 Å². The van der Waals surface area contributed by atoms with E-state index in [-0.39, 0.29) is 11.9 Å². The van der Waals surface area contributed by atoms with Crippen molar-refractivity contribution in [3.05, 3.63) is 76.2 Å². The summed E-state index contributed by atoms with van der Waals surface area (Å²) in [7, 11) is 0. The highest BCUT2D eigenvalue weighted by molar-refractivity contribution is 7.15. The van der Waals surface area contributed by atoms with E-state index in [4.69, 9.17) is 0 Å². The van der Waals surface area contributed by atoms with Gasteiger partial charge in [-0.15, -0.1) is 11.3 Å². The second kappa shape index (κ2) is 14.6. The Balaban J connectivity index is 1.35. The van der Waals surface area contributed by atoms with Gasteiger partial charge in [0.15, 0.2) is 0 Å². The molecule has 1 amide bonds. The lowest BCUT2D eigenvalue weighted by Crippen LogP contribution is -2.51. The molecule has 1 saturated heterocycles. The van der Waals surface area contributed by atoms with Crippen LogP contribution in [0.3, 0.4) is 0 Å². The van der Waals surface area contributed by atoms with Gasteiger partial charge < -0.3 is 21.3 Å². The largest absolute Gasteiger partial charge is 0.380 e. The van der Waals surface area contributed by atoms with Gasteiger partial charge in [-0.1, -0.05) is 57.4 Å². The molecule has 0 radical (unpaired) electrons. The van der Waals surface area contributed by atoms with Gasteiger partial charge in [-0.2, -0.15) is 0 Å². The number of benzene rings is 2. The number of unbranched alkanes of at least 4 members (excludes halogenated alkanes) is 1. The highest BCUT2D eigenvalue weighted by Crippen LogP contribution is 2.30. The second-order valence-corrected chi connectivity index (χ2v) is 12.2. The zero-order valence-corrected chi connectivity index (χ0v) is 24.9. The molecule has 2 atom stereocenters. The van der Waals surface area contributed by atoms with Crippen molar-refractivity contribution in [2.24, 2.45) is 5.92 Å². The molecule has 4 N–H and O–H groups in total. The maximum absolute atomic E-state index is 13.2. The van der Waals surface area contributed by atoms with Crippen LogP contribution in [0, 0.1) is 12.8 Å². The summed E-state index contributed by atoms with van der Waals surface area (Å²) in [5.74, 6) is 0.746. The van der Waals surface area contributed by atoms with Crippen molar-refractivity contribution in [2.75, 3.05) is 25.0 Å². The zero-order chi connectivity index (χ0) is 27.6. The minimum absolute atomic E-state index is 0.0365. The van der Waals surface area contributed by atoms with E-state index in [0.717, 1.165) is 54.5 Å². The smallest absolute Gasteiger partial charge is 0.252 e. The highest BCUT2D eigenvalue weighted by Gasteiger charge is 2.18. The molecule has 1 fully saturated rings. The minimum atomic E-state index is -0.0935. The van der Waals surface area contributed by atoms with Crippen molar-refractivity contribution >= 4 is 22.9 Å². The summed E-state index contributed by atoms with van der Waals surface area (Å²) in [5, 5.41) is 13.7. The average molecular weight is 547 g/mol. The summed E-state index contributed by atoms with van der Waals surface area (Å²) >= 11 is 1.85. The fourth-order valence-electron chi connectivity index (χ4n) is 5.18. The van der Waals surface area contributed by atoms with E-state index in [1.807, 2.05) is 30.4 Å². The molecule has 3 aromatic rings. The third kappa shape index (κ3) is 8.41. The molecular formula is C33H46N4OS. The Kier molecular flexibility index (Phi) is 11.0. The molecular weight excluding hydrogens is 500 g/mol. The van der Waals surface area contributed by atoms with Gasteiger partial charge in [-0.25, -0.2) is 0 Å². The van der Waals surface area contributed by atoms with Crippen LogP contribution in [0.15, 0.2) is 54.6 Å². The van der Waals surface area contributed by atoms with Crippen LogP contribution < -0.4 is 21.3 Å². The minimum Gasteiger partial charge on any atom is -0.380 e. The van der Waals surface area contributed by atoms with Gasteiger partial charge in [0.2, 0.25) is 0 Å². The van der Waals surface area contributed by atoms with Crippen molar-refractivity contribution in [3.63, 3.8) is 0 Å². The molecule has 1 aliphatic heterocycles. The van der Waals surface area contributed by atoms with Gasteiger partial charge in [-0.3, -0.25) is 4.79 Å². The monoisotopic (exact) mass is 546 g/mol. The maximum Gasteiger partial charge on any atom is 0.252 e. The molecule has 210 valence electrons. The summed E-state index contributed by atoms with van der Waals surface area (Å²) in [6.45, 7) is 12.6. The number of rotatable bonds is 15. The van der Waals surface area contributed by atoms with Gasteiger partial charge in [0.1, 0.15) is 0 Å². The van der Waals surface area contributed by atoms with E-state index in [1.54, 1.807) is 0 Å². The van der Waals surface area contributed by atoms with E-state index >= 15 is 0 Å². The number of carbonyl (C=O) groups is 1. The Labute approximate surface area is 239 Å². The fourth-order valence-corrected chi connectivity index (χ4v) is 6.15. The lowest BCUT2D eigenvalue weighted by atomic mass is 9.97. The molecule has 2 heterocycles. The van der Waals surface area contributed by atoms with Crippen molar-refractivity contribution in [1.82, 2.24) is 16.0 Å². The lowest BCUT2D eigenvalue weighted by molar-refractivity contribution is 0.0939. The average Bonchev–Trinajstić information content (AvgIpc) is 3.39. The lowest BCUT2D eigenvalue weighted by Gasteiger charge is -2.29. The van der Waals surface area contributed by atoms with Crippen molar-refractivity contribution in [2.45, 2.75) is 78.4 Å². The molecule has 2 aromatic carbocycles. The molecule has 2 unspecified atom stereocenters. The Morgan fingerprint density at radius 2 is 1.90 bits per heavy atom. The maximum atomic E-state index is 13.2. The number of nitrogens with one attached hydrogen (secondary N) is 4. The van der Waals surface area contributed by atoms with Crippen LogP contribution in [0.1, 0.15) is 85.3 Å². The topological polar surface area (TPSA) is 65.2 Å². The summed E-state index contributed by atoms with van der Waals surface area (Å²) < 4.78 is 0. The molecule has 39 heavy (non-hydrogen) atoms. The Bertz CT molecular complexity index is 1200. The molecule has 6 heteroatoms. The first-order valence-corrected chi connectivity index (χ1v) is 15.6. The quantitative estimate of drug-likeness (QED) is 0.162. The van der Waals surface area contributed by atoms with E-state index in [1.165, 1.54) is 47.4 Å². The molecule has 0 saturated carbocycles. The van der Waals surface area contributed by atoms with E-state index < -0.39 is 0 Å². The summed E-state index contributed by atoms with van der Waals surface area (Å²) in [4.78, 5) is 15.9. The molecule has 1 aromatic heterocycles. The zero-order valence-electron chi connectivity index (χ0n) is 24.1. The van der Waals surface area contributed by atoms with Gasteiger partial charge in [-0.05, 0) is 86.2 Å². The number of hydrogen-bond acceptors (Lipinski definition) is 5. The summed E-state index contributed by atoms with van der Waals surface area (Å²) in [6, 6.07) is 19.4. The molecule has 4 rings (SSSR count). The van der Waals surface area contributed by atoms with Gasteiger partial charge in [0.05, 0.1) is 12.1 Å². The number of hydrogen-bond donors (Lipinski definition) is 4. The predicted octanol–water partition coefficient (Wildman–Crippen LogP) is 7.29. The standard InChI is InChI=1S/C33H46N4OS/c1-5-7-10-25(9-6-2)19-34-22-30-15-16-32(39-30)27-12-8-11-26(17-27)24(4)36-33(38)31-18-28(14-13-23(31)3)37-29-20-35-21-29/h8,11-18,24-25,29,34-35,37H,5-7,9-10,19-22H2,1-4H3,(H,36,38). The van der Waals surface area contributed by atoms with Crippen LogP contribution in [-0.4, -0.2) is 31.6 Å². The number of thiophene rings is 1. The summed E-state index contributed by atoms with van der Waals surface area (Å²) in [5.41, 5.74) is 5.02. The normalized spacial score (nSPS) is 15.0. The fraction of sp³-hybridized carbons (Fsp3) is 0.485.